The second-order valence-electron chi connectivity index (χ2n) is 9.28. The molecule has 0 fully saturated rings. The normalized spacial score (nSPS) is 13.1. The van der Waals surface area contributed by atoms with Crippen molar-refractivity contribution in [2.24, 2.45) is 16.0 Å². The molecule has 182 valence electrons. The molecule has 0 aliphatic rings. The van der Waals surface area contributed by atoms with Crippen LogP contribution in [0.4, 0.5) is 0 Å². The van der Waals surface area contributed by atoms with Crippen LogP contribution in [0.5, 0.6) is 0 Å². The molecule has 0 rings (SSSR count). The highest BCUT2D eigenvalue weighted by molar-refractivity contribution is 7.89. The predicted octanol–water partition coefficient (Wildman–Crippen LogP) is 5.80. The highest BCUT2D eigenvalue weighted by Gasteiger charge is 2.30. The third-order valence-corrected chi connectivity index (χ3v) is 8.38. The molecule has 0 aromatic heterocycles. The van der Waals surface area contributed by atoms with Crippen LogP contribution in [0.15, 0.2) is 0 Å². The van der Waals surface area contributed by atoms with E-state index in [9.17, 15) is 8.42 Å². The van der Waals surface area contributed by atoms with Crippen molar-refractivity contribution < 1.29 is 18.3 Å². The lowest BCUT2D eigenvalue weighted by molar-refractivity contribution is 0.115. The van der Waals surface area contributed by atoms with Gasteiger partial charge in [0.05, 0.1) is 5.75 Å². The molecule has 0 amide bonds. The summed E-state index contributed by atoms with van der Waals surface area (Å²) in [5.74, 6) is 0.0878. The Balaban J connectivity index is 4.02. The van der Waals surface area contributed by atoms with Crippen LogP contribution in [0.2, 0.25) is 0 Å². The quantitative estimate of drug-likeness (QED) is 0.217. The van der Waals surface area contributed by atoms with Crippen LogP contribution in [-0.4, -0.2) is 39.1 Å². The number of sulfonamides is 1. The lowest BCUT2D eigenvalue weighted by Crippen LogP contribution is -2.33. The molecule has 6 heteroatoms. The van der Waals surface area contributed by atoms with E-state index in [0.717, 1.165) is 64.6 Å². The first-order chi connectivity index (χ1) is 14.2. The fourth-order valence-corrected chi connectivity index (χ4v) is 6.09. The molecule has 0 aromatic carbocycles. The van der Waals surface area contributed by atoms with E-state index in [1.807, 2.05) is 0 Å². The van der Waals surface area contributed by atoms with Crippen LogP contribution >= 0.6 is 0 Å². The van der Waals surface area contributed by atoms with Crippen LogP contribution < -0.4 is 5.14 Å². The number of aliphatic hydroxyl groups excluding tert-OH is 1. The number of hydrogen-bond donors (Lipinski definition) is 2. The number of aliphatic hydroxyl groups is 1. The molecule has 5 nitrogen and oxygen atoms in total. The summed E-state index contributed by atoms with van der Waals surface area (Å²) in [5, 5.41) is 14.3. The van der Waals surface area contributed by atoms with E-state index >= 15 is 0 Å². The number of unbranched alkanes of at least 4 members (excludes halogenated alkanes) is 4. The van der Waals surface area contributed by atoms with Crippen molar-refractivity contribution in [1.82, 2.24) is 0 Å². The van der Waals surface area contributed by atoms with Crippen molar-refractivity contribution in [2.45, 2.75) is 118 Å². The Morgan fingerprint density at radius 3 is 1.53 bits per heavy atom. The minimum atomic E-state index is -3.43. The first-order valence-electron chi connectivity index (χ1n) is 12.4. The summed E-state index contributed by atoms with van der Waals surface area (Å²) in [4.78, 5) is 0. The average molecular weight is 450 g/mol. The van der Waals surface area contributed by atoms with Gasteiger partial charge in [0.15, 0.2) is 0 Å². The van der Waals surface area contributed by atoms with Crippen LogP contribution in [0, 0.1) is 10.8 Å². The van der Waals surface area contributed by atoms with Crippen molar-refractivity contribution in [1.29, 1.82) is 0 Å². The molecule has 30 heavy (non-hydrogen) atoms. The fourth-order valence-electron chi connectivity index (χ4n) is 4.69. The van der Waals surface area contributed by atoms with E-state index in [1.165, 1.54) is 38.5 Å². The van der Waals surface area contributed by atoms with Crippen molar-refractivity contribution >= 4 is 10.0 Å². The van der Waals surface area contributed by atoms with Gasteiger partial charge in [-0.25, -0.2) is 13.6 Å². The van der Waals surface area contributed by atoms with E-state index in [2.05, 4.69) is 27.7 Å². The zero-order valence-corrected chi connectivity index (χ0v) is 21.2. The molecule has 0 aliphatic carbocycles. The van der Waals surface area contributed by atoms with Gasteiger partial charge in [0.2, 0.25) is 10.0 Å². The summed E-state index contributed by atoms with van der Waals surface area (Å²) in [6, 6.07) is 0. The average Bonchev–Trinajstić information content (AvgIpc) is 2.72. The van der Waals surface area contributed by atoms with Crippen LogP contribution in [0.1, 0.15) is 118 Å². The number of nitrogens with two attached hydrogens (primary N) is 1. The van der Waals surface area contributed by atoms with E-state index in [-0.39, 0.29) is 11.2 Å². The third-order valence-electron chi connectivity index (χ3n) is 7.36. The van der Waals surface area contributed by atoms with E-state index in [4.69, 9.17) is 15.0 Å². The second-order valence-corrected chi connectivity index (χ2v) is 10.9. The Bertz CT molecular complexity index is 499. The molecular formula is C24H51NO4S. The SMILES string of the molecule is CCC(CC)(CCCCCO)CCCCOCCCCC(CC)(CC)CS(N)(=O)=O. The second kappa shape index (κ2) is 16.5. The Kier molecular flexibility index (Phi) is 16.4. The van der Waals surface area contributed by atoms with Crippen molar-refractivity contribution in [2.75, 3.05) is 25.6 Å². The molecule has 0 atom stereocenters. The van der Waals surface area contributed by atoms with Crippen LogP contribution in [0.25, 0.3) is 0 Å². The third kappa shape index (κ3) is 13.3. The largest absolute Gasteiger partial charge is 0.396 e. The summed E-state index contributed by atoms with van der Waals surface area (Å²) >= 11 is 0. The molecule has 0 aromatic rings. The molecule has 0 saturated carbocycles. The zero-order valence-electron chi connectivity index (χ0n) is 20.4. The Hall–Kier alpha value is -0.170. The van der Waals surface area contributed by atoms with Crippen molar-refractivity contribution in [3.8, 4) is 0 Å². The Morgan fingerprint density at radius 1 is 0.700 bits per heavy atom. The highest BCUT2D eigenvalue weighted by Crippen LogP contribution is 2.38. The van der Waals surface area contributed by atoms with Gasteiger partial charge in [-0.05, 0) is 62.2 Å². The van der Waals surface area contributed by atoms with Crippen molar-refractivity contribution in [3.63, 3.8) is 0 Å². The van der Waals surface area contributed by atoms with E-state index in [1.54, 1.807) is 0 Å². The maximum Gasteiger partial charge on any atom is 0.209 e. The summed E-state index contributed by atoms with van der Waals surface area (Å²) in [7, 11) is -3.43. The summed E-state index contributed by atoms with van der Waals surface area (Å²) in [6.07, 6.45) is 15.2. The van der Waals surface area contributed by atoms with E-state index in [0.29, 0.717) is 12.0 Å². The number of ether oxygens (including phenoxy) is 1. The van der Waals surface area contributed by atoms with Crippen LogP contribution in [-0.2, 0) is 14.8 Å². The van der Waals surface area contributed by atoms with E-state index < -0.39 is 10.0 Å². The maximum atomic E-state index is 11.5. The van der Waals surface area contributed by atoms with Crippen LogP contribution in [0.3, 0.4) is 0 Å². The number of rotatable bonds is 21. The first kappa shape index (κ1) is 29.8. The van der Waals surface area contributed by atoms with Gasteiger partial charge in [-0.15, -0.1) is 0 Å². The molecule has 0 bridgehead atoms. The van der Waals surface area contributed by atoms with Gasteiger partial charge in [0.25, 0.3) is 0 Å². The van der Waals surface area contributed by atoms with Gasteiger partial charge in [-0.1, -0.05) is 66.2 Å². The van der Waals surface area contributed by atoms with Gasteiger partial charge in [-0.2, -0.15) is 0 Å². The number of hydrogen-bond acceptors (Lipinski definition) is 4. The Morgan fingerprint density at radius 2 is 1.13 bits per heavy atom. The van der Waals surface area contributed by atoms with Gasteiger partial charge in [0, 0.05) is 19.8 Å². The van der Waals surface area contributed by atoms with Gasteiger partial charge in [0.1, 0.15) is 0 Å². The molecular weight excluding hydrogens is 398 g/mol. The lowest BCUT2D eigenvalue weighted by Gasteiger charge is -2.32. The van der Waals surface area contributed by atoms with Gasteiger partial charge >= 0.3 is 0 Å². The first-order valence-corrected chi connectivity index (χ1v) is 14.1. The fraction of sp³-hybridized carbons (Fsp3) is 1.00. The molecule has 0 saturated heterocycles. The smallest absolute Gasteiger partial charge is 0.209 e. The molecule has 0 spiro atoms. The summed E-state index contributed by atoms with van der Waals surface area (Å²) in [6.45, 7) is 10.6. The zero-order chi connectivity index (χ0) is 22.9. The molecule has 0 aliphatic heterocycles. The number of primary sulfonamides is 1. The standard InChI is InChI=1S/C24H51NO4S/c1-5-23(6-2,16-10-9-13-19-26)17-11-14-20-29-21-15-12-18-24(7-3,8-4)22-30(25,27)28/h26H,5-22H2,1-4H3,(H2,25,27,28). The predicted molar refractivity (Wildman–Crippen MR) is 128 cm³/mol. The maximum absolute atomic E-state index is 11.5. The highest BCUT2D eigenvalue weighted by atomic mass is 32.2. The summed E-state index contributed by atoms with van der Waals surface area (Å²) < 4.78 is 28.9. The summed E-state index contributed by atoms with van der Waals surface area (Å²) in [5.41, 5.74) is 0.275. The molecule has 0 heterocycles. The molecule has 0 radical (unpaired) electrons. The lowest BCUT2D eigenvalue weighted by atomic mass is 9.74. The molecule has 0 unspecified atom stereocenters. The minimum Gasteiger partial charge on any atom is -0.396 e. The monoisotopic (exact) mass is 449 g/mol. The minimum absolute atomic E-state index is 0.0878. The van der Waals surface area contributed by atoms with Crippen molar-refractivity contribution in [3.05, 3.63) is 0 Å². The van der Waals surface area contributed by atoms with Gasteiger partial charge < -0.3 is 9.84 Å². The van der Waals surface area contributed by atoms with Gasteiger partial charge in [-0.3, -0.25) is 0 Å². The molecule has 3 N–H and O–H groups in total. The topological polar surface area (TPSA) is 89.6 Å². The Labute approximate surface area is 187 Å².